The molecule has 4 heteroatoms. The standard InChI is InChI=1S/C14H21ClN2S/c15-12-6-4-5-11(9-12)14(17-16)10-18-13-7-2-1-3-8-13/h4-6,9,13-14,17H,1-3,7-8,10,16H2. The molecule has 0 saturated heterocycles. The van der Waals surface area contributed by atoms with E-state index >= 15 is 0 Å². The topological polar surface area (TPSA) is 38.0 Å². The summed E-state index contributed by atoms with van der Waals surface area (Å²) in [6.45, 7) is 0. The van der Waals surface area contributed by atoms with Crippen molar-refractivity contribution in [2.24, 2.45) is 5.84 Å². The quantitative estimate of drug-likeness (QED) is 0.636. The Morgan fingerprint density at radius 2 is 2.11 bits per heavy atom. The highest BCUT2D eigenvalue weighted by Crippen LogP contribution is 2.31. The summed E-state index contributed by atoms with van der Waals surface area (Å²) < 4.78 is 0. The molecule has 1 saturated carbocycles. The third-order valence-corrected chi connectivity index (χ3v) is 5.21. The first kappa shape index (κ1) is 14.2. The highest BCUT2D eigenvalue weighted by Gasteiger charge is 2.17. The van der Waals surface area contributed by atoms with E-state index in [0.29, 0.717) is 0 Å². The molecule has 1 aliphatic rings. The molecule has 2 nitrogen and oxygen atoms in total. The minimum Gasteiger partial charge on any atom is -0.271 e. The van der Waals surface area contributed by atoms with Crippen LogP contribution in [0.4, 0.5) is 0 Å². The first-order valence-corrected chi connectivity index (χ1v) is 8.05. The molecule has 1 fully saturated rings. The Hall–Kier alpha value is -0.220. The molecule has 3 N–H and O–H groups in total. The largest absolute Gasteiger partial charge is 0.271 e. The average Bonchev–Trinajstić information content (AvgIpc) is 2.41. The lowest BCUT2D eigenvalue weighted by molar-refractivity contribution is 0.514. The maximum Gasteiger partial charge on any atom is 0.0551 e. The van der Waals surface area contributed by atoms with Gasteiger partial charge >= 0.3 is 0 Å². The van der Waals surface area contributed by atoms with E-state index in [-0.39, 0.29) is 6.04 Å². The summed E-state index contributed by atoms with van der Waals surface area (Å²) in [5, 5.41) is 1.59. The molecule has 0 heterocycles. The Labute approximate surface area is 119 Å². The predicted molar refractivity (Wildman–Crippen MR) is 80.8 cm³/mol. The lowest BCUT2D eigenvalue weighted by Gasteiger charge is -2.24. The van der Waals surface area contributed by atoms with Crippen molar-refractivity contribution in [3.8, 4) is 0 Å². The van der Waals surface area contributed by atoms with Crippen LogP contribution in [0.25, 0.3) is 0 Å². The van der Waals surface area contributed by atoms with Gasteiger partial charge in [0, 0.05) is 16.0 Å². The number of hydrogen-bond donors (Lipinski definition) is 2. The fourth-order valence-electron chi connectivity index (χ4n) is 2.43. The third-order valence-electron chi connectivity index (χ3n) is 3.50. The van der Waals surface area contributed by atoms with Crippen molar-refractivity contribution in [1.82, 2.24) is 5.43 Å². The molecule has 0 bridgehead atoms. The number of rotatable bonds is 5. The molecule has 1 unspecified atom stereocenters. The number of thioether (sulfide) groups is 1. The third kappa shape index (κ3) is 4.16. The highest BCUT2D eigenvalue weighted by molar-refractivity contribution is 7.99. The molecule has 0 amide bonds. The minimum atomic E-state index is 0.190. The van der Waals surface area contributed by atoms with E-state index in [0.717, 1.165) is 16.0 Å². The monoisotopic (exact) mass is 284 g/mol. The predicted octanol–water partition coefficient (Wildman–Crippen LogP) is 3.91. The summed E-state index contributed by atoms with van der Waals surface area (Å²) >= 11 is 8.06. The van der Waals surface area contributed by atoms with Gasteiger partial charge in [-0.1, -0.05) is 43.0 Å². The van der Waals surface area contributed by atoms with Gasteiger partial charge < -0.3 is 0 Å². The van der Waals surface area contributed by atoms with Crippen LogP contribution in [-0.4, -0.2) is 11.0 Å². The first-order chi connectivity index (χ1) is 8.79. The fraction of sp³-hybridized carbons (Fsp3) is 0.571. The van der Waals surface area contributed by atoms with Crippen LogP contribution >= 0.6 is 23.4 Å². The first-order valence-electron chi connectivity index (χ1n) is 6.63. The molecule has 100 valence electrons. The smallest absolute Gasteiger partial charge is 0.0551 e. The van der Waals surface area contributed by atoms with Crippen molar-refractivity contribution in [2.45, 2.75) is 43.4 Å². The summed E-state index contributed by atoms with van der Waals surface area (Å²) in [7, 11) is 0. The second-order valence-electron chi connectivity index (χ2n) is 4.87. The van der Waals surface area contributed by atoms with Gasteiger partial charge in [0.15, 0.2) is 0 Å². The maximum absolute atomic E-state index is 6.02. The summed E-state index contributed by atoms with van der Waals surface area (Å²) in [6.07, 6.45) is 6.89. The van der Waals surface area contributed by atoms with Gasteiger partial charge in [0.1, 0.15) is 0 Å². The number of benzene rings is 1. The van der Waals surface area contributed by atoms with Gasteiger partial charge in [0.2, 0.25) is 0 Å². The second kappa shape index (κ2) is 7.39. The van der Waals surface area contributed by atoms with E-state index in [9.17, 15) is 0 Å². The molecular formula is C14H21ClN2S. The van der Waals surface area contributed by atoms with Crippen molar-refractivity contribution >= 4 is 23.4 Å². The summed E-state index contributed by atoms with van der Waals surface area (Å²) in [4.78, 5) is 0. The molecule has 1 aromatic carbocycles. The van der Waals surface area contributed by atoms with E-state index in [2.05, 4.69) is 11.5 Å². The van der Waals surface area contributed by atoms with E-state index in [1.54, 1.807) is 0 Å². The zero-order valence-electron chi connectivity index (χ0n) is 10.6. The summed E-state index contributed by atoms with van der Waals surface area (Å²) in [5.41, 5.74) is 4.08. The normalized spacial score (nSPS) is 18.8. The van der Waals surface area contributed by atoms with Crippen molar-refractivity contribution in [3.63, 3.8) is 0 Å². The van der Waals surface area contributed by atoms with Crippen LogP contribution in [0.1, 0.15) is 43.7 Å². The van der Waals surface area contributed by atoms with Gasteiger partial charge in [-0.15, -0.1) is 0 Å². The molecule has 1 atom stereocenters. The molecule has 0 radical (unpaired) electrons. The summed E-state index contributed by atoms with van der Waals surface area (Å²) in [6, 6.07) is 8.14. The number of halogens is 1. The SMILES string of the molecule is NNC(CSC1CCCCC1)c1cccc(Cl)c1. The van der Waals surface area contributed by atoms with Crippen LogP contribution in [-0.2, 0) is 0 Å². The molecule has 0 aromatic heterocycles. The van der Waals surface area contributed by atoms with E-state index in [1.807, 2.05) is 30.0 Å². The fourth-order valence-corrected chi connectivity index (χ4v) is 4.05. The molecule has 1 aromatic rings. The Morgan fingerprint density at radius 3 is 2.78 bits per heavy atom. The van der Waals surface area contributed by atoms with Crippen molar-refractivity contribution < 1.29 is 0 Å². The number of nitrogens with two attached hydrogens (primary N) is 1. The molecule has 2 rings (SSSR count). The van der Waals surface area contributed by atoms with Gasteiger partial charge in [0.25, 0.3) is 0 Å². The molecule has 18 heavy (non-hydrogen) atoms. The van der Waals surface area contributed by atoms with Crippen LogP contribution < -0.4 is 11.3 Å². The van der Waals surface area contributed by atoms with E-state index < -0.39 is 0 Å². The van der Waals surface area contributed by atoms with Gasteiger partial charge in [-0.2, -0.15) is 11.8 Å². The van der Waals surface area contributed by atoms with Crippen LogP contribution in [0.3, 0.4) is 0 Å². The van der Waals surface area contributed by atoms with Crippen LogP contribution in [0.5, 0.6) is 0 Å². The van der Waals surface area contributed by atoms with Crippen molar-refractivity contribution in [1.29, 1.82) is 0 Å². The lowest BCUT2D eigenvalue weighted by atomic mass is 10.0. The van der Waals surface area contributed by atoms with Gasteiger partial charge in [0.05, 0.1) is 6.04 Å². The maximum atomic E-state index is 6.02. The number of nitrogens with one attached hydrogen (secondary N) is 1. The zero-order valence-corrected chi connectivity index (χ0v) is 12.1. The van der Waals surface area contributed by atoms with Crippen LogP contribution in [0.2, 0.25) is 5.02 Å². The van der Waals surface area contributed by atoms with Crippen molar-refractivity contribution in [3.05, 3.63) is 34.9 Å². The van der Waals surface area contributed by atoms with Crippen LogP contribution in [0, 0.1) is 0 Å². The molecule has 1 aliphatic carbocycles. The Bertz CT molecular complexity index is 367. The lowest BCUT2D eigenvalue weighted by Crippen LogP contribution is -2.30. The summed E-state index contributed by atoms with van der Waals surface area (Å²) in [5.74, 6) is 6.68. The number of hydrazine groups is 1. The van der Waals surface area contributed by atoms with Gasteiger partial charge in [-0.3, -0.25) is 11.3 Å². The number of hydrogen-bond acceptors (Lipinski definition) is 3. The van der Waals surface area contributed by atoms with Crippen LogP contribution in [0.15, 0.2) is 24.3 Å². The van der Waals surface area contributed by atoms with E-state index in [4.69, 9.17) is 17.4 Å². The van der Waals surface area contributed by atoms with E-state index in [1.165, 1.54) is 37.7 Å². The molecule has 0 spiro atoms. The average molecular weight is 285 g/mol. The Balaban J connectivity index is 1.88. The van der Waals surface area contributed by atoms with Crippen molar-refractivity contribution in [2.75, 3.05) is 5.75 Å². The molecular weight excluding hydrogens is 264 g/mol. The van der Waals surface area contributed by atoms with Gasteiger partial charge in [-0.05, 0) is 30.5 Å². The highest BCUT2D eigenvalue weighted by atomic mass is 35.5. The van der Waals surface area contributed by atoms with Gasteiger partial charge in [-0.25, -0.2) is 0 Å². The Morgan fingerprint density at radius 1 is 1.33 bits per heavy atom. The molecule has 0 aliphatic heterocycles. The Kier molecular flexibility index (Phi) is 5.83. The zero-order chi connectivity index (χ0) is 12.8. The second-order valence-corrected chi connectivity index (χ2v) is 6.64. The minimum absolute atomic E-state index is 0.190.